The summed E-state index contributed by atoms with van der Waals surface area (Å²) in [7, 11) is 0. The van der Waals surface area contributed by atoms with Crippen molar-refractivity contribution in [1.82, 2.24) is 5.32 Å². The maximum absolute atomic E-state index is 11.6. The van der Waals surface area contributed by atoms with Gasteiger partial charge in [-0.15, -0.1) is 0 Å². The Balaban J connectivity index is 2.47. The molecule has 0 aliphatic heterocycles. The smallest absolute Gasteiger partial charge is 0.233 e. The molecule has 0 saturated heterocycles. The number of carbonyl (C=O) groups is 2. The van der Waals surface area contributed by atoms with Crippen LogP contribution in [-0.2, 0) is 9.59 Å². The third-order valence-electron chi connectivity index (χ3n) is 1.96. The van der Waals surface area contributed by atoms with Gasteiger partial charge in [0.05, 0.1) is 0 Å². The highest BCUT2D eigenvalue weighted by Crippen LogP contribution is 2.14. The summed E-state index contributed by atoms with van der Waals surface area (Å²) in [6.07, 6.45) is -0.173. The van der Waals surface area contributed by atoms with Gasteiger partial charge < -0.3 is 10.6 Å². The number of carbonyl (C=O) groups excluding carboxylic acids is 2. The molecule has 2 amide bonds. The van der Waals surface area contributed by atoms with Gasteiger partial charge in [-0.2, -0.15) is 0 Å². The van der Waals surface area contributed by atoms with Crippen LogP contribution in [0.2, 0.25) is 0 Å². The van der Waals surface area contributed by atoms with E-state index in [2.05, 4.69) is 26.6 Å². The van der Waals surface area contributed by atoms with Gasteiger partial charge in [-0.25, -0.2) is 0 Å². The maximum Gasteiger partial charge on any atom is 0.233 e. The Labute approximate surface area is 115 Å². The summed E-state index contributed by atoms with van der Waals surface area (Å²) in [6, 6.07) is 7.18. The largest absolute Gasteiger partial charge is 0.351 e. The topological polar surface area (TPSA) is 58.2 Å². The van der Waals surface area contributed by atoms with Gasteiger partial charge in [0, 0.05) is 15.7 Å². The Morgan fingerprint density at radius 2 is 1.67 bits per heavy atom. The van der Waals surface area contributed by atoms with E-state index in [-0.39, 0.29) is 23.8 Å². The third-order valence-corrected chi connectivity index (χ3v) is 2.49. The molecule has 0 heterocycles. The zero-order valence-corrected chi connectivity index (χ0v) is 12.3. The van der Waals surface area contributed by atoms with E-state index in [0.717, 1.165) is 4.47 Å². The van der Waals surface area contributed by atoms with E-state index in [1.807, 2.05) is 32.9 Å². The lowest BCUT2D eigenvalue weighted by atomic mass is 10.1. The molecule has 0 atom stereocenters. The molecule has 1 rings (SSSR count). The zero-order chi connectivity index (χ0) is 13.8. The minimum Gasteiger partial charge on any atom is -0.351 e. The number of anilines is 1. The highest BCUT2D eigenvalue weighted by Gasteiger charge is 2.16. The van der Waals surface area contributed by atoms with Crippen molar-refractivity contribution < 1.29 is 9.59 Å². The summed E-state index contributed by atoms with van der Waals surface area (Å²) < 4.78 is 0.936. The molecule has 1 aromatic carbocycles. The lowest BCUT2D eigenvalue weighted by Crippen LogP contribution is -2.41. The van der Waals surface area contributed by atoms with Crippen LogP contribution in [0.1, 0.15) is 27.2 Å². The number of amides is 2. The third kappa shape index (κ3) is 5.82. The molecule has 0 aliphatic rings. The summed E-state index contributed by atoms with van der Waals surface area (Å²) in [5.74, 6) is -0.601. The second-order valence-electron chi connectivity index (χ2n) is 5.03. The molecule has 0 aromatic heterocycles. The van der Waals surface area contributed by atoms with Crippen LogP contribution in [0, 0.1) is 0 Å². The first-order valence-corrected chi connectivity index (χ1v) is 6.42. The highest BCUT2D eigenvalue weighted by atomic mass is 79.9. The summed E-state index contributed by atoms with van der Waals surface area (Å²) >= 11 is 3.31. The van der Waals surface area contributed by atoms with Crippen LogP contribution >= 0.6 is 15.9 Å². The minimum atomic E-state index is -0.324. The van der Waals surface area contributed by atoms with Gasteiger partial charge in [-0.1, -0.05) is 15.9 Å². The Hall–Kier alpha value is -1.36. The first-order chi connectivity index (χ1) is 8.26. The molecule has 0 saturated carbocycles. The molecule has 2 N–H and O–H groups in total. The highest BCUT2D eigenvalue weighted by molar-refractivity contribution is 9.10. The number of hydrogen-bond donors (Lipinski definition) is 2. The minimum absolute atomic E-state index is 0.173. The van der Waals surface area contributed by atoms with Gasteiger partial charge >= 0.3 is 0 Å². The van der Waals surface area contributed by atoms with Crippen LogP contribution in [0.3, 0.4) is 0 Å². The summed E-state index contributed by atoms with van der Waals surface area (Å²) in [5, 5.41) is 5.40. The van der Waals surface area contributed by atoms with Crippen LogP contribution in [0.4, 0.5) is 5.69 Å². The van der Waals surface area contributed by atoms with Crippen molar-refractivity contribution in [2.24, 2.45) is 0 Å². The number of rotatable bonds is 3. The Kier molecular flexibility index (Phi) is 4.90. The summed E-state index contributed by atoms with van der Waals surface area (Å²) in [6.45, 7) is 5.62. The second-order valence-corrected chi connectivity index (χ2v) is 5.95. The maximum atomic E-state index is 11.6. The van der Waals surface area contributed by atoms with Crippen molar-refractivity contribution >= 4 is 33.4 Å². The first kappa shape index (κ1) is 14.7. The Morgan fingerprint density at radius 1 is 1.11 bits per heavy atom. The van der Waals surface area contributed by atoms with Crippen LogP contribution < -0.4 is 10.6 Å². The number of hydrogen-bond acceptors (Lipinski definition) is 2. The van der Waals surface area contributed by atoms with Crippen molar-refractivity contribution in [2.45, 2.75) is 32.7 Å². The first-order valence-electron chi connectivity index (χ1n) is 5.63. The van der Waals surface area contributed by atoms with E-state index in [1.54, 1.807) is 12.1 Å². The number of halogens is 1. The molecule has 0 spiro atoms. The fourth-order valence-electron chi connectivity index (χ4n) is 1.35. The molecular weight excluding hydrogens is 296 g/mol. The fourth-order valence-corrected chi connectivity index (χ4v) is 1.61. The molecular formula is C13H17BrN2O2. The molecule has 0 radical (unpaired) electrons. The molecule has 0 bridgehead atoms. The van der Waals surface area contributed by atoms with Crippen molar-refractivity contribution in [1.29, 1.82) is 0 Å². The second kappa shape index (κ2) is 6.00. The average Bonchev–Trinajstić information content (AvgIpc) is 2.18. The van der Waals surface area contributed by atoms with Crippen molar-refractivity contribution in [3.63, 3.8) is 0 Å². The van der Waals surface area contributed by atoms with Crippen molar-refractivity contribution in [3.05, 3.63) is 28.7 Å². The van der Waals surface area contributed by atoms with Crippen LogP contribution in [0.5, 0.6) is 0 Å². The van der Waals surface area contributed by atoms with E-state index in [9.17, 15) is 9.59 Å². The fraction of sp³-hybridized carbons (Fsp3) is 0.385. The average molecular weight is 313 g/mol. The van der Waals surface area contributed by atoms with Gasteiger partial charge in [0.25, 0.3) is 0 Å². The lowest BCUT2D eigenvalue weighted by molar-refractivity contribution is -0.127. The SMILES string of the molecule is CC(C)(C)NC(=O)CC(=O)Nc1ccc(Br)cc1. The summed E-state index contributed by atoms with van der Waals surface area (Å²) in [4.78, 5) is 23.1. The normalized spacial score (nSPS) is 10.9. The molecule has 18 heavy (non-hydrogen) atoms. The van der Waals surface area contributed by atoms with E-state index in [4.69, 9.17) is 0 Å². The molecule has 0 unspecified atom stereocenters. The van der Waals surface area contributed by atoms with Crippen molar-refractivity contribution in [2.75, 3.05) is 5.32 Å². The van der Waals surface area contributed by atoms with Gasteiger partial charge in [-0.05, 0) is 45.0 Å². The van der Waals surface area contributed by atoms with Crippen LogP contribution in [0.15, 0.2) is 28.7 Å². The quantitative estimate of drug-likeness (QED) is 0.843. The lowest BCUT2D eigenvalue weighted by Gasteiger charge is -2.20. The number of benzene rings is 1. The van der Waals surface area contributed by atoms with Crippen LogP contribution in [-0.4, -0.2) is 17.4 Å². The van der Waals surface area contributed by atoms with E-state index in [1.165, 1.54) is 0 Å². The van der Waals surface area contributed by atoms with Gasteiger partial charge in [-0.3, -0.25) is 9.59 Å². The standard InChI is InChI=1S/C13H17BrN2O2/c1-13(2,3)16-12(18)8-11(17)15-10-6-4-9(14)5-7-10/h4-7H,8H2,1-3H3,(H,15,17)(H,16,18). The van der Waals surface area contributed by atoms with Crippen molar-refractivity contribution in [3.8, 4) is 0 Å². The van der Waals surface area contributed by atoms with Gasteiger partial charge in [0.15, 0.2) is 0 Å². The molecule has 5 heteroatoms. The molecule has 98 valence electrons. The van der Waals surface area contributed by atoms with Gasteiger partial charge in [0.2, 0.25) is 11.8 Å². The van der Waals surface area contributed by atoms with E-state index < -0.39 is 0 Å². The number of nitrogens with one attached hydrogen (secondary N) is 2. The van der Waals surface area contributed by atoms with E-state index >= 15 is 0 Å². The van der Waals surface area contributed by atoms with Crippen LogP contribution in [0.25, 0.3) is 0 Å². The van der Waals surface area contributed by atoms with E-state index in [0.29, 0.717) is 5.69 Å². The molecule has 4 nitrogen and oxygen atoms in total. The zero-order valence-electron chi connectivity index (χ0n) is 10.7. The summed E-state index contributed by atoms with van der Waals surface area (Å²) in [5.41, 5.74) is 0.348. The molecule has 1 aromatic rings. The molecule has 0 aliphatic carbocycles. The predicted molar refractivity (Wildman–Crippen MR) is 75.3 cm³/mol. The molecule has 0 fully saturated rings. The Morgan fingerprint density at radius 3 is 2.17 bits per heavy atom. The monoisotopic (exact) mass is 312 g/mol. The van der Waals surface area contributed by atoms with Gasteiger partial charge in [0.1, 0.15) is 6.42 Å². The Bertz CT molecular complexity index is 435. The predicted octanol–water partition coefficient (Wildman–Crippen LogP) is 2.69.